The van der Waals surface area contributed by atoms with Gasteiger partial charge in [0.05, 0.1) is 26.6 Å². The van der Waals surface area contributed by atoms with Gasteiger partial charge in [0.25, 0.3) is 0 Å². The van der Waals surface area contributed by atoms with Crippen molar-refractivity contribution in [2.45, 2.75) is 37.6 Å². The first-order valence-corrected chi connectivity index (χ1v) is 12.1. The van der Waals surface area contributed by atoms with E-state index in [0.29, 0.717) is 47.9 Å². The molecule has 2 aromatic heterocycles. The minimum absolute atomic E-state index is 0.0834. The van der Waals surface area contributed by atoms with E-state index in [-0.39, 0.29) is 18.8 Å². The molecule has 1 aromatic carbocycles. The molecule has 0 radical (unpaired) electrons. The molecule has 1 fully saturated rings. The van der Waals surface area contributed by atoms with Gasteiger partial charge in [-0.1, -0.05) is 6.07 Å². The monoisotopic (exact) mass is 505 g/mol. The van der Waals surface area contributed by atoms with Crippen molar-refractivity contribution in [3.05, 3.63) is 53.9 Å². The summed E-state index contributed by atoms with van der Waals surface area (Å²) in [6.45, 7) is 1.22. The van der Waals surface area contributed by atoms with Gasteiger partial charge in [0, 0.05) is 49.3 Å². The van der Waals surface area contributed by atoms with Crippen molar-refractivity contribution in [3.8, 4) is 17.2 Å². The predicted molar refractivity (Wildman–Crippen MR) is 122 cm³/mol. The van der Waals surface area contributed by atoms with Crippen molar-refractivity contribution < 1.29 is 27.4 Å². The van der Waals surface area contributed by atoms with E-state index in [1.807, 2.05) is 22.8 Å². The summed E-state index contributed by atoms with van der Waals surface area (Å²) in [6, 6.07) is 4.77. The average Bonchev–Trinajstić information content (AvgIpc) is 3.27. The highest BCUT2D eigenvalue weighted by Gasteiger charge is 2.29. The Morgan fingerprint density at radius 1 is 1.17 bits per heavy atom. The number of para-hydroxylation sites is 1. The second kappa shape index (κ2) is 11.6. The third kappa shape index (κ3) is 5.99. The Balaban J connectivity index is 1.77. The molecule has 3 aromatic rings. The second-order valence-electron chi connectivity index (χ2n) is 7.98. The van der Waals surface area contributed by atoms with Gasteiger partial charge in [0.2, 0.25) is 0 Å². The average molecular weight is 506 g/mol. The van der Waals surface area contributed by atoms with Crippen LogP contribution in [0.25, 0.3) is 5.69 Å². The highest BCUT2D eigenvalue weighted by atomic mass is 32.2. The third-order valence-corrected chi connectivity index (χ3v) is 6.29. The van der Waals surface area contributed by atoms with Crippen LogP contribution in [0.5, 0.6) is 11.5 Å². The van der Waals surface area contributed by atoms with Crippen LogP contribution in [0.1, 0.15) is 36.2 Å². The zero-order chi connectivity index (χ0) is 24.8. The van der Waals surface area contributed by atoms with Gasteiger partial charge >= 0.3 is 0 Å². The normalized spacial score (nSPS) is 16.1. The Labute approximate surface area is 204 Å². The lowest BCUT2D eigenvalue weighted by molar-refractivity contribution is 0.0831. The van der Waals surface area contributed by atoms with Crippen LogP contribution < -0.4 is 14.2 Å². The van der Waals surface area contributed by atoms with Crippen LogP contribution >= 0.6 is 0 Å². The Hall–Kier alpha value is -3.00. The van der Waals surface area contributed by atoms with E-state index in [4.69, 9.17) is 14.2 Å². The summed E-state index contributed by atoms with van der Waals surface area (Å²) in [5.41, 5.74) is 0.624. The first-order chi connectivity index (χ1) is 17.0. The Bertz CT molecular complexity index is 1130. The van der Waals surface area contributed by atoms with Gasteiger partial charge in [-0.2, -0.15) is 0 Å². The van der Waals surface area contributed by atoms with Crippen LogP contribution in [-0.4, -0.2) is 67.0 Å². The lowest BCUT2D eigenvalue weighted by Crippen LogP contribution is -2.36. The summed E-state index contributed by atoms with van der Waals surface area (Å²) in [4.78, 5) is 7.91. The van der Waals surface area contributed by atoms with Crippen molar-refractivity contribution in [2.24, 2.45) is 0 Å². The predicted octanol–water partition coefficient (Wildman–Crippen LogP) is 1.65. The summed E-state index contributed by atoms with van der Waals surface area (Å²) in [5.74, 6) is 2.12. The van der Waals surface area contributed by atoms with Gasteiger partial charge in [0.15, 0.2) is 5.82 Å². The molecule has 11 nitrogen and oxygen atoms in total. The molecule has 188 valence electrons. The molecule has 2 atom stereocenters. The van der Waals surface area contributed by atoms with E-state index >= 15 is 0 Å². The molecule has 0 amide bonds. The zero-order valence-electron chi connectivity index (χ0n) is 19.3. The molecule has 13 heteroatoms. The number of hydrogen-bond acceptors (Lipinski definition) is 9. The third-order valence-electron chi connectivity index (χ3n) is 5.76. The van der Waals surface area contributed by atoms with Crippen LogP contribution in [0.2, 0.25) is 0 Å². The summed E-state index contributed by atoms with van der Waals surface area (Å²) in [7, 11) is 3.13. The molecule has 0 spiro atoms. The first-order valence-electron chi connectivity index (χ1n) is 11.0. The van der Waals surface area contributed by atoms with E-state index < -0.39 is 23.1 Å². The Kier molecular flexibility index (Phi) is 8.33. The molecule has 1 N–H and O–H groups in total. The van der Waals surface area contributed by atoms with Gasteiger partial charge in [0.1, 0.15) is 34.7 Å². The highest BCUT2D eigenvalue weighted by molar-refractivity contribution is 7.77. The van der Waals surface area contributed by atoms with Crippen LogP contribution in [-0.2, 0) is 28.8 Å². The van der Waals surface area contributed by atoms with Crippen molar-refractivity contribution in [3.63, 3.8) is 0 Å². The number of hydrogen-bond donors (Lipinski definition) is 1. The fourth-order valence-electron chi connectivity index (χ4n) is 4.16. The molecule has 0 bridgehead atoms. The molecule has 1 aliphatic heterocycles. The maximum absolute atomic E-state index is 13.3. The quantitative estimate of drug-likeness (QED) is 0.408. The minimum Gasteiger partial charge on any atom is -0.760 e. The van der Waals surface area contributed by atoms with Crippen molar-refractivity contribution in [2.75, 3.05) is 27.4 Å². The number of halogens is 1. The lowest BCUT2D eigenvalue weighted by Gasteiger charge is -2.25. The van der Waals surface area contributed by atoms with Crippen molar-refractivity contribution in [1.29, 1.82) is 0 Å². The number of benzene rings is 1. The van der Waals surface area contributed by atoms with Crippen molar-refractivity contribution >= 4 is 11.3 Å². The molecule has 1 aliphatic rings. The van der Waals surface area contributed by atoms with Crippen molar-refractivity contribution in [1.82, 2.24) is 29.5 Å². The fourth-order valence-corrected chi connectivity index (χ4v) is 4.59. The molecule has 1 saturated heterocycles. The van der Waals surface area contributed by atoms with Crippen LogP contribution in [0, 0.1) is 5.82 Å². The van der Waals surface area contributed by atoms with E-state index in [9.17, 15) is 13.2 Å². The molecule has 3 heterocycles. The van der Waals surface area contributed by atoms with E-state index in [0.717, 1.165) is 25.2 Å². The minimum atomic E-state index is -2.56. The molecular formula is C22H26FN6O5S-. The van der Waals surface area contributed by atoms with Gasteiger partial charge in [-0.25, -0.2) is 19.1 Å². The summed E-state index contributed by atoms with van der Waals surface area (Å²) < 4.78 is 57.5. The van der Waals surface area contributed by atoms with E-state index in [1.165, 1.54) is 0 Å². The fraction of sp³-hybridized carbons (Fsp3) is 0.455. The Morgan fingerprint density at radius 3 is 2.43 bits per heavy atom. The number of aromatic nitrogens is 5. The standard InChI is InChI=1S/C22H27FN6O5S/c1-32-17-4-3-5-18(33-2)21(17)29-20(26-27-22(29)14-6-8-34-9-7-14)11-16(28-35(30)31)10-19-24-12-15(23)13-25-19/h3-5,12-14,16,28H,6-11H2,1-2H3,(H,30,31)/p-1/t16-/m1/s1. The topological polar surface area (TPSA) is 136 Å². The van der Waals surface area contributed by atoms with Crippen LogP contribution in [0.4, 0.5) is 4.39 Å². The van der Waals surface area contributed by atoms with E-state index in [2.05, 4.69) is 24.9 Å². The highest BCUT2D eigenvalue weighted by Crippen LogP contribution is 2.37. The van der Waals surface area contributed by atoms with Crippen LogP contribution in [0.15, 0.2) is 30.6 Å². The number of ether oxygens (including phenoxy) is 3. The second-order valence-corrected chi connectivity index (χ2v) is 8.69. The summed E-state index contributed by atoms with van der Waals surface area (Å²) in [5, 5.41) is 8.94. The van der Waals surface area contributed by atoms with Gasteiger partial charge < -0.3 is 18.8 Å². The molecule has 35 heavy (non-hydrogen) atoms. The smallest absolute Gasteiger partial charge is 0.159 e. The van der Waals surface area contributed by atoms with Crippen LogP contribution in [0.3, 0.4) is 0 Å². The molecule has 4 rings (SSSR count). The SMILES string of the molecule is COc1cccc(OC)c1-n1c(C[C@@H](Cc2ncc(F)cn2)NS(=O)[O-])nnc1C1CCOCC1. The number of methoxy groups -OCH3 is 2. The maximum Gasteiger partial charge on any atom is 0.159 e. The van der Waals surface area contributed by atoms with Gasteiger partial charge in [-0.05, 0) is 25.0 Å². The molecule has 1 unspecified atom stereocenters. The van der Waals surface area contributed by atoms with E-state index in [1.54, 1.807) is 14.2 Å². The summed E-state index contributed by atoms with van der Waals surface area (Å²) in [6.07, 6.45) is 3.90. The first kappa shape index (κ1) is 25.1. The molecule has 0 aliphatic carbocycles. The summed E-state index contributed by atoms with van der Waals surface area (Å²) >= 11 is -2.56. The Morgan fingerprint density at radius 2 is 1.83 bits per heavy atom. The lowest BCUT2D eigenvalue weighted by atomic mass is 9.99. The maximum atomic E-state index is 13.3. The molecule has 0 saturated carbocycles. The number of rotatable bonds is 10. The number of nitrogens with zero attached hydrogens (tertiary/aromatic N) is 5. The largest absolute Gasteiger partial charge is 0.760 e. The van der Waals surface area contributed by atoms with Gasteiger partial charge in [-0.15, -0.1) is 10.2 Å². The zero-order valence-corrected chi connectivity index (χ0v) is 20.2. The number of nitrogens with one attached hydrogen (secondary N) is 1. The molecular weight excluding hydrogens is 479 g/mol. The van der Waals surface area contributed by atoms with Gasteiger partial charge in [-0.3, -0.25) is 8.78 Å².